The van der Waals surface area contributed by atoms with Gasteiger partial charge in [0.2, 0.25) is 0 Å². The van der Waals surface area contributed by atoms with E-state index >= 15 is 0 Å². The van der Waals surface area contributed by atoms with Crippen molar-refractivity contribution in [3.05, 3.63) is 0 Å². The molecule has 0 aromatic heterocycles. The maximum Gasteiger partial charge on any atom is 0.0813 e. The summed E-state index contributed by atoms with van der Waals surface area (Å²) in [7, 11) is 1.62. The van der Waals surface area contributed by atoms with E-state index in [0.29, 0.717) is 6.61 Å². The van der Waals surface area contributed by atoms with E-state index in [4.69, 9.17) is 10.5 Å². The minimum Gasteiger partial charge on any atom is -0.388 e. The van der Waals surface area contributed by atoms with Crippen LogP contribution in [0.1, 0.15) is 20.8 Å². The average molecular weight is 161 g/mol. The maximum atomic E-state index is 9.78. The predicted octanol–water partition coefficient (Wildman–Crippen LogP) is 0.369. The second-order valence-electron chi connectivity index (χ2n) is 3.79. The first-order valence-electron chi connectivity index (χ1n) is 3.79. The van der Waals surface area contributed by atoms with Crippen LogP contribution in [0.15, 0.2) is 0 Å². The molecule has 0 aromatic carbocycles. The molecule has 0 amide bonds. The van der Waals surface area contributed by atoms with E-state index in [9.17, 15) is 5.11 Å². The molecule has 0 bridgehead atoms. The fourth-order valence-corrected chi connectivity index (χ4v) is 0.793. The minimum absolute atomic E-state index is 0.253. The molecule has 0 spiro atoms. The van der Waals surface area contributed by atoms with E-state index in [0.717, 1.165) is 0 Å². The molecule has 11 heavy (non-hydrogen) atoms. The van der Waals surface area contributed by atoms with Crippen molar-refractivity contribution >= 4 is 0 Å². The lowest BCUT2D eigenvalue weighted by Gasteiger charge is -2.38. The molecule has 3 nitrogen and oxygen atoms in total. The third-order valence-corrected chi connectivity index (χ3v) is 2.36. The van der Waals surface area contributed by atoms with E-state index in [2.05, 4.69) is 0 Å². The zero-order chi connectivity index (χ0) is 9.12. The fraction of sp³-hybridized carbons (Fsp3) is 1.00. The monoisotopic (exact) mass is 161 g/mol. The van der Waals surface area contributed by atoms with Crippen molar-refractivity contribution in [2.45, 2.75) is 26.4 Å². The van der Waals surface area contributed by atoms with Gasteiger partial charge in [-0.15, -0.1) is 0 Å². The van der Waals surface area contributed by atoms with Crippen LogP contribution in [0.5, 0.6) is 0 Å². The van der Waals surface area contributed by atoms with Gasteiger partial charge in [0.05, 0.1) is 12.2 Å². The highest BCUT2D eigenvalue weighted by molar-refractivity contribution is 4.90. The summed E-state index contributed by atoms with van der Waals surface area (Å²) in [6.45, 7) is 6.36. The Morgan fingerprint density at radius 3 is 2.09 bits per heavy atom. The molecular weight excluding hydrogens is 142 g/mol. The molecule has 0 fully saturated rings. The van der Waals surface area contributed by atoms with Gasteiger partial charge in [0.1, 0.15) is 0 Å². The molecule has 0 aromatic rings. The zero-order valence-electron chi connectivity index (χ0n) is 7.85. The lowest BCUT2D eigenvalue weighted by molar-refractivity contribution is -0.0778. The molecule has 0 radical (unpaired) electrons. The van der Waals surface area contributed by atoms with Crippen molar-refractivity contribution in [3.63, 3.8) is 0 Å². The first-order valence-corrected chi connectivity index (χ1v) is 3.79. The van der Waals surface area contributed by atoms with Crippen LogP contribution in [0.25, 0.3) is 0 Å². The van der Waals surface area contributed by atoms with Gasteiger partial charge >= 0.3 is 0 Å². The third-order valence-electron chi connectivity index (χ3n) is 2.36. The molecule has 1 atom stereocenters. The summed E-state index contributed by atoms with van der Waals surface area (Å²) in [5.74, 6) is 0. The van der Waals surface area contributed by atoms with Gasteiger partial charge in [-0.1, -0.05) is 13.8 Å². The molecule has 0 aliphatic carbocycles. The van der Waals surface area contributed by atoms with Crippen LogP contribution in [0.4, 0.5) is 0 Å². The summed E-state index contributed by atoms with van der Waals surface area (Å²) < 4.78 is 4.98. The quantitative estimate of drug-likeness (QED) is 0.626. The van der Waals surface area contributed by atoms with Crippen molar-refractivity contribution in [1.82, 2.24) is 0 Å². The standard InChI is InChI=1S/C8H19NO2/c1-7(2,6-11-4)8(3,10)5-9/h10H,5-6,9H2,1-4H3. The fourth-order valence-electron chi connectivity index (χ4n) is 0.793. The van der Waals surface area contributed by atoms with Gasteiger partial charge in [-0.05, 0) is 6.92 Å². The van der Waals surface area contributed by atoms with Crippen LogP contribution in [0, 0.1) is 5.41 Å². The second kappa shape index (κ2) is 3.52. The lowest BCUT2D eigenvalue weighted by Crippen LogP contribution is -2.50. The Bertz CT molecular complexity index is 121. The smallest absolute Gasteiger partial charge is 0.0813 e. The molecule has 3 heteroatoms. The van der Waals surface area contributed by atoms with Crippen LogP contribution in [0.2, 0.25) is 0 Å². The number of nitrogens with two attached hydrogens (primary N) is 1. The first kappa shape index (κ1) is 10.9. The Hall–Kier alpha value is -0.120. The summed E-state index contributed by atoms with van der Waals surface area (Å²) >= 11 is 0. The van der Waals surface area contributed by atoms with Gasteiger partial charge in [0.15, 0.2) is 0 Å². The van der Waals surface area contributed by atoms with Crippen LogP contribution in [-0.4, -0.2) is 31.0 Å². The molecule has 68 valence electrons. The van der Waals surface area contributed by atoms with Crippen molar-refractivity contribution in [2.75, 3.05) is 20.3 Å². The molecule has 1 unspecified atom stereocenters. The Morgan fingerprint density at radius 2 is 1.82 bits per heavy atom. The first-order chi connectivity index (χ1) is 4.87. The number of rotatable bonds is 4. The summed E-state index contributed by atoms with van der Waals surface area (Å²) in [5, 5.41) is 9.78. The minimum atomic E-state index is -0.858. The molecule has 0 aliphatic heterocycles. The number of methoxy groups -OCH3 is 1. The highest BCUT2D eigenvalue weighted by atomic mass is 16.5. The zero-order valence-corrected chi connectivity index (χ0v) is 7.85. The van der Waals surface area contributed by atoms with Crippen molar-refractivity contribution in [1.29, 1.82) is 0 Å². The lowest BCUT2D eigenvalue weighted by atomic mass is 9.77. The van der Waals surface area contributed by atoms with E-state index in [1.807, 2.05) is 13.8 Å². The molecule has 0 rings (SSSR count). The summed E-state index contributed by atoms with van der Waals surface area (Å²) in [4.78, 5) is 0. The highest BCUT2D eigenvalue weighted by Gasteiger charge is 2.37. The molecular formula is C8H19NO2. The molecule has 3 N–H and O–H groups in total. The maximum absolute atomic E-state index is 9.78. The second-order valence-corrected chi connectivity index (χ2v) is 3.79. The molecule has 0 aliphatic rings. The number of hydrogen-bond acceptors (Lipinski definition) is 3. The van der Waals surface area contributed by atoms with Gasteiger partial charge in [0.25, 0.3) is 0 Å². The Morgan fingerprint density at radius 1 is 1.36 bits per heavy atom. The van der Waals surface area contributed by atoms with E-state index in [-0.39, 0.29) is 12.0 Å². The van der Waals surface area contributed by atoms with Crippen LogP contribution in [0.3, 0.4) is 0 Å². The van der Waals surface area contributed by atoms with Crippen molar-refractivity contribution in [2.24, 2.45) is 11.1 Å². The number of hydrogen-bond donors (Lipinski definition) is 2. The topological polar surface area (TPSA) is 55.5 Å². The molecule has 0 saturated heterocycles. The van der Waals surface area contributed by atoms with Gasteiger partial charge < -0.3 is 15.6 Å². The van der Waals surface area contributed by atoms with Gasteiger partial charge in [0, 0.05) is 19.1 Å². The summed E-state index contributed by atoms with van der Waals surface area (Å²) in [6, 6.07) is 0. The SMILES string of the molecule is COCC(C)(C)C(C)(O)CN. The Labute approximate surface area is 68.5 Å². The van der Waals surface area contributed by atoms with Crippen molar-refractivity contribution in [3.8, 4) is 0 Å². The largest absolute Gasteiger partial charge is 0.388 e. The van der Waals surface area contributed by atoms with Crippen LogP contribution < -0.4 is 5.73 Å². The van der Waals surface area contributed by atoms with Crippen molar-refractivity contribution < 1.29 is 9.84 Å². The molecule has 0 saturated carbocycles. The summed E-state index contributed by atoms with van der Waals surface area (Å²) in [6.07, 6.45) is 0. The number of ether oxygens (including phenoxy) is 1. The molecule has 0 heterocycles. The van der Waals surface area contributed by atoms with E-state index in [1.54, 1.807) is 14.0 Å². The van der Waals surface area contributed by atoms with E-state index in [1.165, 1.54) is 0 Å². The Kier molecular flexibility index (Phi) is 3.48. The highest BCUT2D eigenvalue weighted by Crippen LogP contribution is 2.29. The summed E-state index contributed by atoms with van der Waals surface area (Å²) in [5.41, 5.74) is 4.26. The van der Waals surface area contributed by atoms with Gasteiger partial charge in [-0.3, -0.25) is 0 Å². The normalized spacial score (nSPS) is 18.0. The van der Waals surface area contributed by atoms with Crippen LogP contribution >= 0.6 is 0 Å². The van der Waals surface area contributed by atoms with Gasteiger partial charge in [-0.2, -0.15) is 0 Å². The third kappa shape index (κ3) is 2.43. The Balaban J connectivity index is 4.26. The predicted molar refractivity (Wildman–Crippen MR) is 45.3 cm³/mol. The van der Waals surface area contributed by atoms with Crippen LogP contribution in [-0.2, 0) is 4.74 Å². The van der Waals surface area contributed by atoms with E-state index < -0.39 is 5.60 Å². The average Bonchev–Trinajstić information content (AvgIpc) is 1.87. The number of aliphatic hydroxyl groups is 1. The van der Waals surface area contributed by atoms with Gasteiger partial charge in [-0.25, -0.2) is 0 Å².